The average Bonchev–Trinajstić information content (AvgIpc) is 2.51. The van der Waals surface area contributed by atoms with Gasteiger partial charge in [-0.1, -0.05) is 55.0 Å². The van der Waals surface area contributed by atoms with E-state index in [1.807, 2.05) is 30.0 Å². The highest BCUT2D eigenvalue weighted by molar-refractivity contribution is 5.94. The van der Waals surface area contributed by atoms with Crippen molar-refractivity contribution in [3.63, 3.8) is 0 Å². The second-order valence-corrected chi connectivity index (χ2v) is 5.94. The summed E-state index contributed by atoms with van der Waals surface area (Å²) in [5, 5.41) is 0. The van der Waals surface area contributed by atoms with Crippen LogP contribution in [0.5, 0.6) is 0 Å². The lowest BCUT2D eigenvalue weighted by atomic mass is 9.97. The van der Waals surface area contributed by atoms with E-state index in [4.69, 9.17) is 0 Å². The molecule has 0 heterocycles. The molecule has 2 rings (SSSR count). The first-order valence-corrected chi connectivity index (χ1v) is 7.95. The molecule has 0 aliphatic rings. The SMILES string of the molecule is CCN(C(=O)CC(C)c1ccccc1)c1ccc(C)cc1C. The summed E-state index contributed by atoms with van der Waals surface area (Å²) in [6.45, 7) is 8.99. The van der Waals surface area contributed by atoms with E-state index in [2.05, 4.69) is 51.1 Å². The molecule has 2 aromatic carbocycles. The van der Waals surface area contributed by atoms with Crippen molar-refractivity contribution in [1.29, 1.82) is 0 Å². The summed E-state index contributed by atoms with van der Waals surface area (Å²) in [5.74, 6) is 0.416. The van der Waals surface area contributed by atoms with Gasteiger partial charge in [-0.3, -0.25) is 4.79 Å². The van der Waals surface area contributed by atoms with Crippen molar-refractivity contribution in [3.8, 4) is 0 Å². The summed E-state index contributed by atoms with van der Waals surface area (Å²) >= 11 is 0. The summed E-state index contributed by atoms with van der Waals surface area (Å²) in [6, 6.07) is 16.5. The molecule has 0 radical (unpaired) electrons. The zero-order valence-corrected chi connectivity index (χ0v) is 14.0. The molecule has 0 saturated heterocycles. The van der Waals surface area contributed by atoms with Crippen molar-refractivity contribution >= 4 is 11.6 Å². The number of carbonyl (C=O) groups is 1. The number of aryl methyl sites for hydroxylation is 2. The topological polar surface area (TPSA) is 20.3 Å². The molecule has 0 aliphatic heterocycles. The van der Waals surface area contributed by atoms with Gasteiger partial charge in [-0.15, -0.1) is 0 Å². The molecule has 0 saturated carbocycles. The van der Waals surface area contributed by atoms with E-state index in [1.54, 1.807) is 0 Å². The van der Waals surface area contributed by atoms with E-state index in [1.165, 1.54) is 11.1 Å². The van der Waals surface area contributed by atoms with Gasteiger partial charge in [0.05, 0.1) is 0 Å². The number of carbonyl (C=O) groups excluding carboxylic acids is 1. The zero-order chi connectivity index (χ0) is 16.1. The molecule has 0 aliphatic carbocycles. The Kier molecular flexibility index (Phi) is 5.37. The smallest absolute Gasteiger partial charge is 0.227 e. The molecule has 0 fully saturated rings. The van der Waals surface area contributed by atoms with Gasteiger partial charge in [0.25, 0.3) is 0 Å². The molecule has 2 aromatic rings. The van der Waals surface area contributed by atoms with E-state index in [0.717, 1.165) is 11.3 Å². The van der Waals surface area contributed by atoms with Crippen molar-refractivity contribution in [3.05, 3.63) is 65.2 Å². The van der Waals surface area contributed by atoms with Gasteiger partial charge in [0, 0.05) is 18.7 Å². The summed E-state index contributed by atoms with van der Waals surface area (Å²) in [5.41, 5.74) is 4.62. The first-order valence-electron chi connectivity index (χ1n) is 7.95. The van der Waals surface area contributed by atoms with Crippen molar-refractivity contribution in [2.45, 2.75) is 40.0 Å². The second-order valence-electron chi connectivity index (χ2n) is 5.94. The quantitative estimate of drug-likeness (QED) is 0.772. The van der Waals surface area contributed by atoms with Crippen LogP contribution in [0.15, 0.2) is 48.5 Å². The predicted octanol–water partition coefficient (Wildman–Crippen LogP) is 4.85. The zero-order valence-electron chi connectivity index (χ0n) is 14.0. The lowest BCUT2D eigenvalue weighted by Gasteiger charge is -2.25. The molecule has 0 spiro atoms. The number of rotatable bonds is 5. The average molecular weight is 295 g/mol. The molecular formula is C20H25NO. The Labute approximate surface area is 133 Å². The van der Waals surface area contributed by atoms with Crippen LogP contribution in [0.3, 0.4) is 0 Å². The second kappa shape index (κ2) is 7.26. The Morgan fingerprint density at radius 2 is 1.77 bits per heavy atom. The van der Waals surface area contributed by atoms with Crippen LogP contribution in [0.2, 0.25) is 0 Å². The number of nitrogens with zero attached hydrogens (tertiary/aromatic N) is 1. The molecule has 1 atom stereocenters. The molecule has 0 bridgehead atoms. The maximum absolute atomic E-state index is 12.7. The Morgan fingerprint density at radius 1 is 1.09 bits per heavy atom. The summed E-state index contributed by atoms with van der Waals surface area (Å²) in [4.78, 5) is 14.6. The highest BCUT2D eigenvalue weighted by Gasteiger charge is 2.19. The minimum atomic E-state index is 0.186. The van der Waals surface area contributed by atoms with Crippen molar-refractivity contribution in [1.82, 2.24) is 0 Å². The lowest BCUT2D eigenvalue weighted by Crippen LogP contribution is -2.32. The van der Waals surface area contributed by atoms with E-state index in [9.17, 15) is 4.79 Å². The largest absolute Gasteiger partial charge is 0.312 e. The van der Waals surface area contributed by atoms with Crippen LogP contribution in [0.4, 0.5) is 5.69 Å². The van der Waals surface area contributed by atoms with E-state index >= 15 is 0 Å². The predicted molar refractivity (Wildman–Crippen MR) is 93.4 cm³/mol. The third kappa shape index (κ3) is 3.76. The molecule has 0 N–H and O–H groups in total. The van der Waals surface area contributed by atoms with Crippen LogP contribution in [0, 0.1) is 13.8 Å². The van der Waals surface area contributed by atoms with Gasteiger partial charge in [-0.05, 0) is 43.9 Å². The normalized spacial score (nSPS) is 12.0. The Morgan fingerprint density at radius 3 is 2.36 bits per heavy atom. The third-order valence-electron chi connectivity index (χ3n) is 4.11. The summed E-state index contributed by atoms with van der Waals surface area (Å²) in [7, 11) is 0. The van der Waals surface area contributed by atoms with Crippen LogP contribution in [0.25, 0.3) is 0 Å². The maximum atomic E-state index is 12.7. The van der Waals surface area contributed by atoms with Gasteiger partial charge in [0.1, 0.15) is 0 Å². The van der Waals surface area contributed by atoms with Crippen LogP contribution in [-0.2, 0) is 4.79 Å². The van der Waals surface area contributed by atoms with Crippen LogP contribution in [0.1, 0.15) is 42.9 Å². The molecule has 2 heteroatoms. The molecule has 22 heavy (non-hydrogen) atoms. The van der Waals surface area contributed by atoms with E-state index in [-0.39, 0.29) is 11.8 Å². The molecule has 1 amide bonds. The van der Waals surface area contributed by atoms with Gasteiger partial charge < -0.3 is 4.90 Å². The number of amides is 1. The molecule has 0 aromatic heterocycles. The van der Waals surface area contributed by atoms with Gasteiger partial charge in [-0.25, -0.2) is 0 Å². The van der Waals surface area contributed by atoms with Gasteiger partial charge >= 0.3 is 0 Å². The fraction of sp³-hybridized carbons (Fsp3) is 0.350. The summed E-state index contributed by atoms with van der Waals surface area (Å²) < 4.78 is 0. The van der Waals surface area contributed by atoms with Gasteiger partial charge in [0.2, 0.25) is 5.91 Å². The highest BCUT2D eigenvalue weighted by atomic mass is 16.2. The minimum Gasteiger partial charge on any atom is -0.312 e. The Balaban J connectivity index is 2.15. The molecule has 2 nitrogen and oxygen atoms in total. The van der Waals surface area contributed by atoms with Crippen LogP contribution in [-0.4, -0.2) is 12.5 Å². The van der Waals surface area contributed by atoms with E-state index < -0.39 is 0 Å². The van der Waals surface area contributed by atoms with Crippen LogP contribution >= 0.6 is 0 Å². The number of hydrogen-bond acceptors (Lipinski definition) is 1. The number of anilines is 1. The minimum absolute atomic E-state index is 0.186. The van der Waals surface area contributed by atoms with Gasteiger partial charge in [-0.2, -0.15) is 0 Å². The number of hydrogen-bond donors (Lipinski definition) is 0. The van der Waals surface area contributed by atoms with Gasteiger partial charge in [0.15, 0.2) is 0 Å². The number of benzene rings is 2. The molecule has 116 valence electrons. The first-order chi connectivity index (χ1) is 10.5. The highest BCUT2D eigenvalue weighted by Crippen LogP contribution is 2.25. The maximum Gasteiger partial charge on any atom is 0.227 e. The fourth-order valence-corrected chi connectivity index (χ4v) is 2.86. The Bertz CT molecular complexity index is 633. The third-order valence-corrected chi connectivity index (χ3v) is 4.11. The standard InChI is InChI=1S/C20H25NO/c1-5-21(19-12-11-15(2)13-17(19)4)20(22)14-16(3)18-9-7-6-8-10-18/h6-13,16H,5,14H2,1-4H3. The first kappa shape index (κ1) is 16.3. The summed E-state index contributed by atoms with van der Waals surface area (Å²) in [6.07, 6.45) is 0.533. The fourth-order valence-electron chi connectivity index (χ4n) is 2.86. The lowest BCUT2D eigenvalue weighted by molar-refractivity contribution is -0.118. The Hall–Kier alpha value is -2.09. The van der Waals surface area contributed by atoms with Crippen molar-refractivity contribution < 1.29 is 4.79 Å². The molecule has 1 unspecified atom stereocenters. The van der Waals surface area contributed by atoms with E-state index in [0.29, 0.717) is 13.0 Å². The van der Waals surface area contributed by atoms with Crippen LogP contribution < -0.4 is 4.90 Å². The van der Waals surface area contributed by atoms with Crippen molar-refractivity contribution in [2.24, 2.45) is 0 Å². The monoisotopic (exact) mass is 295 g/mol. The van der Waals surface area contributed by atoms with Crippen molar-refractivity contribution in [2.75, 3.05) is 11.4 Å². The molecular weight excluding hydrogens is 270 g/mol.